The van der Waals surface area contributed by atoms with Gasteiger partial charge in [-0.15, -0.1) is 11.8 Å². The Labute approximate surface area is 99.9 Å². The molecular weight excluding hydrogens is 222 g/mol. The number of aliphatic hydroxyl groups excluding tert-OH is 1. The van der Waals surface area contributed by atoms with E-state index < -0.39 is 0 Å². The van der Waals surface area contributed by atoms with Gasteiger partial charge in [0.15, 0.2) is 0 Å². The van der Waals surface area contributed by atoms with Crippen LogP contribution in [0.2, 0.25) is 0 Å². The van der Waals surface area contributed by atoms with E-state index >= 15 is 0 Å². The topological polar surface area (TPSA) is 58.0 Å². The minimum Gasteiger partial charge on any atom is -0.393 e. The van der Waals surface area contributed by atoms with Crippen molar-refractivity contribution in [3.63, 3.8) is 0 Å². The normalized spacial score (nSPS) is 25.4. The molecule has 1 aromatic heterocycles. The van der Waals surface area contributed by atoms with E-state index in [4.69, 9.17) is 0 Å². The van der Waals surface area contributed by atoms with Crippen molar-refractivity contribution in [3.05, 3.63) is 12.4 Å². The largest absolute Gasteiger partial charge is 0.393 e. The van der Waals surface area contributed by atoms with E-state index in [9.17, 15) is 5.11 Å². The van der Waals surface area contributed by atoms with Crippen LogP contribution >= 0.6 is 11.8 Å². The molecule has 88 valence electrons. The van der Waals surface area contributed by atoms with Crippen LogP contribution in [0.15, 0.2) is 17.4 Å². The van der Waals surface area contributed by atoms with Gasteiger partial charge in [0.1, 0.15) is 17.2 Å². The van der Waals surface area contributed by atoms with Gasteiger partial charge in [0.05, 0.1) is 6.10 Å². The Hall–Kier alpha value is -0.810. The molecule has 0 bridgehead atoms. The zero-order valence-corrected chi connectivity index (χ0v) is 10.2. The van der Waals surface area contributed by atoms with Gasteiger partial charge in [0.25, 0.3) is 0 Å². The molecule has 4 nitrogen and oxygen atoms in total. The SMILES string of the molecule is CSc1cc(NC2CCC(O)CC2)ncn1. The third kappa shape index (κ3) is 3.09. The van der Waals surface area contributed by atoms with Crippen LogP contribution in [0.1, 0.15) is 25.7 Å². The van der Waals surface area contributed by atoms with E-state index in [0.29, 0.717) is 6.04 Å². The average Bonchev–Trinajstić information content (AvgIpc) is 2.32. The Kier molecular flexibility index (Phi) is 4.01. The molecule has 0 aromatic carbocycles. The molecule has 0 spiro atoms. The molecule has 0 aliphatic heterocycles. The summed E-state index contributed by atoms with van der Waals surface area (Å²) in [5.41, 5.74) is 0. The van der Waals surface area contributed by atoms with Crippen molar-refractivity contribution < 1.29 is 5.11 Å². The fourth-order valence-electron chi connectivity index (χ4n) is 1.96. The van der Waals surface area contributed by atoms with Crippen LogP contribution in [-0.4, -0.2) is 33.5 Å². The van der Waals surface area contributed by atoms with E-state index in [1.54, 1.807) is 18.1 Å². The van der Waals surface area contributed by atoms with E-state index in [0.717, 1.165) is 36.5 Å². The molecule has 1 saturated carbocycles. The molecule has 0 saturated heterocycles. The number of rotatable bonds is 3. The summed E-state index contributed by atoms with van der Waals surface area (Å²) in [6.07, 6.45) is 7.29. The predicted molar refractivity (Wildman–Crippen MR) is 65.7 cm³/mol. The third-order valence-corrected chi connectivity index (χ3v) is 3.54. The Balaban J connectivity index is 1.93. The maximum atomic E-state index is 9.42. The summed E-state index contributed by atoms with van der Waals surface area (Å²) in [5, 5.41) is 13.8. The first-order chi connectivity index (χ1) is 7.78. The maximum absolute atomic E-state index is 9.42. The number of nitrogens with zero attached hydrogens (tertiary/aromatic N) is 2. The molecule has 1 heterocycles. The van der Waals surface area contributed by atoms with Crippen LogP contribution in [0.5, 0.6) is 0 Å². The minimum absolute atomic E-state index is 0.106. The molecule has 1 aliphatic rings. The summed E-state index contributed by atoms with van der Waals surface area (Å²) in [6, 6.07) is 2.41. The van der Waals surface area contributed by atoms with Crippen molar-refractivity contribution in [1.82, 2.24) is 9.97 Å². The van der Waals surface area contributed by atoms with Crippen molar-refractivity contribution in [2.75, 3.05) is 11.6 Å². The second-order valence-electron chi connectivity index (χ2n) is 4.10. The highest BCUT2D eigenvalue weighted by molar-refractivity contribution is 7.98. The van der Waals surface area contributed by atoms with Crippen LogP contribution in [0.3, 0.4) is 0 Å². The highest BCUT2D eigenvalue weighted by Crippen LogP contribution is 2.22. The molecule has 16 heavy (non-hydrogen) atoms. The summed E-state index contributed by atoms with van der Waals surface area (Å²) in [4.78, 5) is 8.34. The van der Waals surface area contributed by atoms with Gasteiger partial charge in [-0.3, -0.25) is 0 Å². The first kappa shape index (κ1) is 11.7. The van der Waals surface area contributed by atoms with Crippen molar-refractivity contribution in [2.45, 2.75) is 42.9 Å². The number of thioether (sulfide) groups is 1. The van der Waals surface area contributed by atoms with Crippen molar-refractivity contribution in [1.29, 1.82) is 0 Å². The third-order valence-electron chi connectivity index (χ3n) is 2.90. The van der Waals surface area contributed by atoms with E-state index in [-0.39, 0.29) is 6.10 Å². The van der Waals surface area contributed by atoms with Crippen LogP contribution in [-0.2, 0) is 0 Å². The number of anilines is 1. The van der Waals surface area contributed by atoms with Gasteiger partial charge in [0, 0.05) is 12.1 Å². The Bertz CT molecular complexity index is 340. The molecular formula is C11H17N3OS. The van der Waals surface area contributed by atoms with Gasteiger partial charge in [0.2, 0.25) is 0 Å². The standard InChI is InChI=1S/C11H17N3OS/c1-16-11-6-10(12-7-13-11)14-8-2-4-9(15)5-3-8/h6-9,15H,2-5H2,1H3,(H,12,13,14). The van der Waals surface area contributed by atoms with Gasteiger partial charge in [-0.25, -0.2) is 9.97 Å². The molecule has 0 radical (unpaired) electrons. The number of aliphatic hydroxyl groups is 1. The highest BCUT2D eigenvalue weighted by atomic mass is 32.2. The lowest BCUT2D eigenvalue weighted by atomic mass is 9.93. The lowest BCUT2D eigenvalue weighted by Gasteiger charge is -2.26. The lowest BCUT2D eigenvalue weighted by molar-refractivity contribution is 0.126. The molecule has 0 amide bonds. The summed E-state index contributed by atoms with van der Waals surface area (Å²) in [5.74, 6) is 0.890. The summed E-state index contributed by atoms with van der Waals surface area (Å²) < 4.78 is 0. The van der Waals surface area contributed by atoms with Gasteiger partial charge < -0.3 is 10.4 Å². The summed E-state index contributed by atoms with van der Waals surface area (Å²) in [6.45, 7) is 0. The highest BCUT2D eigenvalue weighted by Gasteiger charge is 2.19. The van der Waals surface area contributed by atoms with Crippen molar-refractivity contribution in [3.8, 4) is 0 Å². The molecule has 5 heteroatoms. The molecule has 0 atom stereocenters. The van der Waals surface area contributed by atoms with E-state index in [1.807, 2.05) is 12.3 Å². The van der Waals surface area contributed by atoms with Gasteiger partial charge in [-0.2, -0.15) is 0 Å². The summed E-state index contributed by atoms with van der Waals surface area (Å²) in [7, 11) is 0. The molecule has 1 fully saturated rings. The average molecular weight is 239 g/mol. The van der Waals surface area contributed by atoms with E-state index in [1.165, 1.54) is 0 Å². The second-order valence-corrected chi connectivity index (χ2v) is 4.92. The Morgan fingerprint density at radius 2 is 2.06 bits per heavy atom. The van der Waals surface area contributed by atoms with Crippen molar-refractivity contribution >= 4 is 17.6 Å². The zero-order valence-electron chi connectivity index (χ0n) is 9.39. The molecule has 2 N–H and O–H groups in total. The van der Waals surface area contributed by atoms with Gasteiger partial charge in [-0.05, 0) is 31.9 Å². The predicted octanol–water partition coefficient (Wildman–Crippen LogP) is 1.91. The lowest BCUT2D eigenvalue weighted by Crippen LogP contribution is -2.28. The second kappa shape index (κ2) is 5.50. The molecule has 1 aliphatic carbocycles. The van der Waals surface area contributed by atoms with Crippen LogP contribution in [0.4, 0.5) is 5.82 Å². The minimum atomic E-state index is -0.106. The molecule has 2 rings (SSSR count). The fraction of sp³-hybridized carbons (Fsp3) is 0.636. The Morgan fingerprint density at radius 1 is 1.31 bits per heavy atom. The van der Waals surface area contributed by atoms with Crippen LogP contribution < -0.4 is 5.32 Å². The van der Waals surface area contributed by atoms with Gasteiger partial charge >= 0.3 is 0 Å². The zero-order chi connectivity index (χ0) is 11.4. The van der Waals surface area contributed by atoms with E-state index in [2.05, 4.69) is 15.3 Å². The quantitative estimate of drug-likeness (QED) is 0.623. The summed E-state index contributed by atoms with van der Waals surface area (Å²) >= 11 is 1.61. The molecule has 0 unspecified atom stereocenters. The molecule has 1 aromatic rings. The first-order valence-electron chi connectivity index (χ1n) is 5.58. The van der Waals surface area contributed by atoms with Crippen LogP contribution in [0, 0.1) is 0 Å². The fourth-order valence-corrected chi connectivity index (χ4v) is 2.34. The maximum Gasteiger partial charge on any atom is 0.130 e. The van der Waals surface area contributed by atoms with Crippen molar-refractivity contribution in [2.24, 2.45) is 0 Å². The number of aromatic nitrogens is 2. The Morgan fingerprint density at radius 3 is 2.75 bits per heavy atom. The smallest absolute Gasteiger partial charge is 0.130 e. The monoisotopic (exact) mass is 239 g/mol. The number of nitrogens with one attached hydrogen (secondary N) is 1. The van der Waals surface area contributed by atoms with Gasteiger partial charge in [-0.1, -0.05) is 0 Å². The first-order valence-corrected chi connectivity index (χ1v) is 6.81. The van der Waals surface area contributed by atoms with Crippen LogP contribution in [0.25, 0.3) is 0 Å². The number of hydrogen-bond donors (Lipinski definition) is 2. The number of hydrogen-bond acceptors (Lipinski definition) is 5.